The van der Waals surface area contributed by atoms with Crippen molar-refractivity contribution in [3.63, 3.8) is 0 Å². The molecule has 80 valence electrons. The first-order valence-corrected chi connectivity index (χ1v) is 4.78. The van der Waals surface area contributed by atoms with Gasteiger partial charge in [-0.3, -0.25) is 0 Å². The zero-order valence-corrected chi connectivity index (χ0v) is 8.72. The molecular weight excluding hydrogens is 200 g/mol. The molecule has 0 amide bonds. The van der Waals surface area contributed by atoms with Gasteiger partial charge in [0.05, 0.1) is 12.4 Å². The van der Waals surface area contributed by atoms with Crippen LogP contribution in [-0.4, -0.2) is 12.4 Å². The van der Waals surface area contributed by atoms with Gasteiger partial charge in [-0.1, -0.05) is 48.6 Å². The second kappa shape index (κ2) is 9.21. The fraction of sp³-hybridized carbons (Fsp3) is 0. The Hall–Kier alpha value is -2.36. The molecule has 0 fully saturated rings. The van der Waals surface area contributed by atoms with E-state index in [0.717, 1.165) is 0 Å². The zero-order chi connectivity index (χ0) is 11.3. The Morgan fingerprint density at radius 3 is 1.06 bits per heavy atom. The molecule has 0 saturated carbocycles. The molecule has 0 atom stereocenters. The first-order valence-electron chi connectivity index (χ1n) is 4.78. The van der Waals surface area contributed by atoms with E-state index in [1.807, 2.05) is 48.6 Å². The second-order valence-corrected chi connectivity index (χ2v) is 2.63. The Morgan fingerprint density at radius 2 is 0.688 bits per heavy atom. The number of hydrogen-bond donors (Lipinski definition) is 0. The van der Waals surface area contributed by atoms with E-state index in [1.54, 1.807) is 12.2 Å². The first-order chi connectivity index (χ1) is 8.00. The Bertz CT molecular complexity index is 255. The summed E-state index contributed by atoms with van der Waals surface area (Å²) in [6, 6.07) is 0. The third-order valence-corrected chi connectivity index (χ3v) is 1.45. The summed E-state index contributed by atoms with van der Waals surface area (Å²) in [5.41, 5.74) is 0. The van der Waals surface area contributed by atoms with Crippen molar-refractivity contribution in [2.24, 2.45) is 20.6 Å². The van der Waals surface area contributed by atoms with Crippen LogP contribution in [-0.2, 0) is 0 Å². The van der Waals surface area contributed by atoms with Gasteiger partial charge in [0.25, 0.3) is 0 Å². The maximum absolute atomic E-state index is 3.64. The van der Waals surface area contributed by atoms with E-state index >= 15 is 0 Å². The van der Waals surface area contributed by atoms with Gasteiger partial charge in [0.15, 0.2) is 0 Å². The highest BCUT2D eigenvalue weighted by Gasteiger charge is 1.67. The third-order valence-electron chi connectivity index (χ3n) is 1.45. The molecule has 0 saturated heterocycles. The van der Waals surface area contributed by atoms with Crippen LogP contribution < -0.4 is 0 Å². The summed E-state index contributed by atoms with van der Waals surface area (Å²) >= 11 is 0. The predicted octanol–water partition coefficient (Wildman–Crippen LogP) is 3.20. The van der Waals surface area contributed by atoms with E-state index in [0.29, 0.717) is 0 Å². The van der Waals surface area contributed by atoms with Gasteiger partial charge in [0, 0.05) is 0 Å². The SMILES string of the molecule is C1=C\C=C\C=C/C=C/C=C/C=N\N=N\N=C/1. The van der Waals surface area contributed by atoms with Gasteiger partial charge in [-0.25, -0.2) is 0 Å². The summed E-state index contributed by atoms with van der Waals surface area (Å²) < 4.78 is 0. The average molecular weight is 212 g/mol. The van der Waals surface area contributed by atoms with E-state index in [4.69, 9.17) is 0 Å². The number of rotatable bonds is 0. The molecule has 1 aliphatic heterocycles. The van der Waals surface area contributed by atoms with Crippen molar-refractivity contribution in [3.05, 3.63) is 60.8 Å². The van der Waals surface area contributed by atoms with Crippen LogP contribution in [0.5, 0.6) is 0 Å². The Balaban J connectivity index is 2.67. The fourth-order valence-electron chi connectivity index (χ4n) is 0.795. The van der Waals surface area contributed by atoms with Crippen LogP contribution in [0.15, 0.2) is 81.4 Å². The molecule has 0 aromatic rings. The van der Waals surface area contributed by atoms with Crippen molar-refractivity contribution in [3.8, 4) is 0 Å². The van der Waals surface area contributed by atoms with E-state index in [2.05, 4.69) is 20.6 Å². The lowest BCUT2D eigenvalue weighted by molar-refractivity contribution is 0.966. The van der Waals surface area contributed by atoms with Crippen molar-refractivity contribution in [2.45, 2.75) is 0 Å². The van der Waals surface area contributed by atoms with Crippen molar-refractivity contribution in [2.75, 3.05) is 0 Å². The summed E-state index contributed by atoms with van der Waals surface area (Å²) in [5, 5.41) is 14.2. The van der Waals surface area contributed by atoms with Crippen LogP contribution in [0.3, 0.4) is 0 Å². The first kappa shape index (κ1) is 11.7. The van der Waals surface area contributed by atoms with Crippen molar-refractivity contribution < 1.29 is 0 Å². The molecule has 0 radical (unpaired) electrons. The molecule has 1 heterocycles. The monoisotopic (exact) mass is 212 g/mol. The van der Waals surface area contributed by atoms with Gasteiger partial charge in [-0.05, 0) is 22.6 Å². The summed E-state index contributed by atoms with van der Waals surface area (Å²) in [4.78, 5) is 0. The average Bonchev–Trinajstić information content (AvgIpc) is 2.29. The molecule has 0 aliphatic carbocycles. The smallest absolute Gasteiger partial charge is 0.0514 e. The minimum Gasteiger partial charge on any atom is -0.137 e. The van der Waals surface area contributed by atoms with Gasteiger partial charge in [0.1, 0.15) is 0 Å². The Labute approximate surface area is 94.5 Å². The fourth-order valence-corrected chi connectivity index (χ4v) is 0.795. The molecule has 4 nitrogen and oxygen atoms in total. The second-order valence-electron chi connectivity index (χ2n) is 2.63. The number of hydrogen-bond acceptors (Lipinski definition) is 4. The van der Waals surface area contributed by atoms with Crippen LogP contribution >= 0.6 is 0 Å². The minimum absolute atomic E-state index is 1.54. The van der Waals surface area contributed by atoms with Crippen LogP contribution in [0.25, 0.3) is 0 Å². The van der Waals surface area contributed by atoms with Crippen molar-refractivity contribution >= 4 is 12.4 Å². The van der Waals surface area contributed by atoms with E-state index in [-0.39, 0.29) is 0 Å². The van der Waals surface area contributed by atoms with E-state index in [9.17, 15) is 0 Å². The standard InChI is InChI=1S/C12H12N4/c1-2-4-6-8-10-12-14-16-15-13-11-9-7-5-3-1/h1-12H/b2-1-,3-1?,4-2?,5-3+,6-4+,7-5?,8-6?,9-7-,10-8+,11-9?,12-10?,13-11-,14-12-,15-13?,16-14?,16-15+. The molecule has 4 heteroatoms. The molecule has 0 bridgehead atoms. The molecule has 0 unspecified atom stereocenters. The van der Waals surface area contributed by atoms with E-state index in [1.165, 1.54) is 12.4 Å². The third kappa shape index (κ3) is 7.08. The lowest BCUT2D eigenvalue weighted by Crippen LogP contribution is -1.63. The zero-order valence-electron chi connectivity index (χ0n) is 8.72. The minimum atomic E-state index is 1.54. The largest absolute Gasteiger partial charge is 0.137 e. The molecule has 1 aliphatic rings. The van der Waals surface area contributed by atoms with Crippen molar-refractivity contribution in [1.82, 2.24) is 0 Å². The predicted molar refractivity (Wildman–Crippen MR) is 67.5 cm³/mol. The Kier molecular flexibility index (Phi) is 6.74. The maximum atomic E-state index is 3.64. The van der Waals surface area contributed by atoms with Gasteiger partial charge >= 0.3 is 0 Å². The van der Waals surface area contributed by atoms with Crippen molar-refractivity contribution in [1.29, 1.82) is 0 Å². The highest BCUT2D eigenvalue weighted by Crippen LogP contribution is 1.84. The van der Waals surface area contributed by atoms with Gasteiger partial charge < -0.3 is 0 Å². The summed E-state index contributed by atoms with van der Waals surface area (Å²) in [7, 11) is 0. The van der Waals surface area contributed by atoms with Gasteiger partial charge in [-0.2, -0.15) is 0 Å². The molecule has 16 heavy (non-hydrogen) atoms. The van der Waals surface area contributed by atoms with Crippen LogP contribution in [0, 0.1) is 0 Å². The van der Waals surface area contributed by atoms with Crippen LogP contribution in [0.4, 0.5) is 0 Å². The quantitative estimate of drug-likeness (QED) is 0.592. The lowest BCUT2D eigenvalue weighted by atomic mass is 10.3. The normalized spacial score (nSPS) is 32.0. The highest BCUT2D eigenvalue weighted by molar-refractivity contribution is 5.71. The molecule has 1 rings (SSSR count). The topological polar surface area (TPSA) is 49.4 Å². The van der Waals surface area contributed by atoms with E-state index < -0.39 is 0 Å². The van der Waals surface area contributed by atoms with Crippen LogP contribution in [0.2, 0.25) is 0 Å². The molecule has 0 N–H and O–H groups in total. The van der Waals surface area contributed by atoms with Crippen LogP contribution in [0.1, 0.15) is 0 Å². The van der Waals surface area contributed by atoms with Gasteiger partial charge in [0.2, 0.25) is 0 Å². The molecule has 0 aromatic heterocycles. The molecular formula is C12H12N4. The molecule has 0 aromatic carbocycles. The summed E-state index contributed by atoms with van der Waals surface area (Å²) in [5.74, 6) is 0. The number of allylic oxidation sites excluding steroid dienone is 10. The number of nitrogens with zero attached hydrogens (tertiary/aromatic N) is 4. The molecule has 0 spiro atoms. The summed E-state index contributed by atoms with van der Waals surface area (Å²) in [6.07, 6.45) is 21.8. The summed E-state index contributed by atoms with van der Waals surface area (Å²) in [6.45, 7) is 0. The van der Waals surface area contributed by atoms with Gasteiger partial charge in [-0.15, -0.1) is 10.2 Å². The lowest BCUT2D eigenvalue weighted by Gasteiger charge is -1.76. The maximum Gasteiger partial charge on any atom is 0.0514 e. The Morgan fingerprint density at radius 1 is 0.375 bits per heavy atom. The highest BCUT2D eigenvalue weighted by atomic mass is 15.5.